The summed E-state index contributed by atoms with van der Waals surface area (Å²) >= 11 is 0. The molecule has 4 nitrogen and oxygen atoms in total. The average Bonchev–Trinajstić information content (AvgIpc) is 2.47. The molecule has 1 aromatic carbocycles. The molecule has 1 aromatic rings. The van der Waals surface area contributed by atoms with Crippen molar-refractivity contribution < 1.29 is 14.3 Å². The maximum absolute atomic E-state index is 12.1. The van der Waals surface area contributed by atoms with Crippen LogP contribution in [0.4, 0.5) is 0 Å². The van der Waals surface area contributed by atoms with Crippen molar-refractivity contribution in [2.45, 2.75) is 26.7 Å². The van der Waals surface area contributed by atoms with E-state index in [1.54, 1.807) is 18.2 Å². The topological polar surface area (TPSA) is 47.6 Å². The SMILES string of the molecule is CCC(CC)CNC(=O)c1ccc2c(c1)OCCO2. The van der Waals surface area contributed by atoms with Crippen molar-refractivity contribution in [3.63, 3.8) is 0 Å². The minimum absolute atomic E-state index is 0.0520. The lowest BCUT2D eigenvalue weighted by Gasteiger charge is -2.19. The number of carbonyl (C=O) groups excluding carboxylic acids is 1. The molecule has 0 atom stereocenters. The molecule has 0 saturated carbocycles. The molecule has 104 valence electrons. The first-order chi connectivity index (χ1) is 9.24. The van der Waals surface area contributed by atoms with E-state index >= 15 is 0 Å². The van der Waals surface area contributed by atoms with Gasteiger partial charge in [0.05, 0.1) is 0 Å². The number of carbonyl (C=O) groups is 1. The van der Waals surface area contributed by atoms with E-state index in [1.807, 2.05) is 0 Å². The second-order valence-electron chi connectivity index (χ2n) is 4.75. The van der Waals surface area contributed by atoms with Gasteiger partial charge in [-0.2, -0.15) is 0 Å². The molecule has 1 aliphatic heterocycles. The summed E-state index contributed by atoms with van der Waals surface area (Å²) in [6, 6.07) is 5.31. The standard InChI is InChI=1S/C15H21NO3/c1-3-11(4-2)10-16-15(17)12-5-6-13-14(9-12)19-8-7-18-13/h5-6,9,11H,3-4,7-8,10H2,1-2H3,(H,16,17). The highest BCUT2D eigenvalue weighted by molar-refractivity contribution is 5.94. The summed E-state index contributed by atoms with van der Waals surface area (Å²) in [6.07, 6.45) is 2.16. The summed E-state index contributed by atoms with van der Waals surface area (Å²) < 4.78 is 10.9. The number of nitrogens with one attached hydrogen (secondary N) is 1. The van der Waals surface area contributed by atoms with Crippen LogP contribution in [0.2, 0.25) is 0 Å². The van der Waals surface area contributed by atoms with Gasteiger partial charge in [-0.1, -0.05) is 26.7 Å². The molecular weight excluding hydrogens is 242 g/mol. The highest BCUT2D eigenvalue weighted by atomic mass is 16.6. The number of fused-ring (bicyclic) bond motifs is 1. The molecule has 0 fully saturated rings. The molecule has 0 unspecified atom stereocenters. The van der Waals surface area contributed by atoms with Crippen LogP contribution in [-0.4, -0.2) is 25.7 Å². The van der Waals surface area contributed by atoms with Crippen LogP contribution in [0.25, 0.3) is 0 Å². The third kappa shape index (κ3) is 3.40. The predicted octanol–water partition coefficient (Wildman–Crippen LogP) is 2.62. The summed E-state index contributed by atoms with van der Waals surface area (Å²) in [7, 11) is 0. The number of rotatable bonds is 5. The van der Waals surface area contributed by atoms with E-state index in [9.17, 15) is 4.79 Å². The van der Waals surface area contributed by atoms with E-state index in [4.69, 9.17) is 9.47 Å². The lowest BCUT2D eigenvalue weighted by Crippen LogP contribution is -2.29. The summed E-state index contributed by atoms with van der Waals surface area (Å²) in [5.74, 6) is 1.86. The number of benzene rings is 1. The zero-order valence-corrected chi connectivity index (χ0v) is 11.6. The molecule has 0 saturated heterocycles. The summed E-state index contributed by atoms with van der Waals surface area (Å²) in [5.41, 5.74) is 0.621. The lowest BCUT2D eigenvalue weighted by molar-refractivity contribution is 0.0945. The van der Waals surface area contributed by atoms with Crippen molar-refractivity contribution in [1.29, 1.82) is 0 Å². The van der Waals surface area contributed by atoms with Crippen molar-refractivity contribution in [3.8, 4) is 11.5 Å². The Bertz CT molecular complexity index is 441. The molecule has 0 bridgehead atoms. The second-order valence-corrected chi connectivity index (χ2v) is 4.75. The fourth-order valence-electron chi connectivity index (χ4n) is 2.10. The van der Waals surface area contributed by atoms with Gasteiger partial charge in [-0.3, -0.25) is 4.79 Å². The van der Waals surface area contributed by atoms with Crippen LogP contribution in [0.5, 0.6) is 11.5 Å². The molecule has 1 N–H and O–H groups in total. The van der Waals surface area contributed by atoms with Crippen molar-refractivity contribution >= 4 is 5.91 Å². The smallest absolute Gasteiger partial charge is 0.251 e. The Balaban J connectivity index is 1.99. The highest BCUT2D eigenvalue weighted by Gasteiger charge is 2.15. The van der Waals surface area contributed by atoms with Crippen LogP contribution >= 0.6 is 0 Å². The van der Waals surface area contributed by atoms with Gasteiger partial charge in [0.1, 0.15) is 13.2 Å². The van der Waals surface area contributed by atoms with E-state index in [0.29, 0.717) is 36.2 Å². The van der Waals surface area contributed by atoms with Gasteiger partial charge in [0, 0.05) is 12.1 Å². The molecule has 0 spiro atoms. The van der Waals surface area contributed by atoms with Crippen molar-refractivity contribution in [1.82, 2.24) is 5.32 Å². The van der Waals surface area contributed by atoms with Gasteiger partial charge in [-0.15, -0.1) is 0 Å². The summed E-state index contributed by atoms with van der Waals surface area (Å²) in [5, 5.41) is 2.97. The minimum Gasteiger partial charge on any atom is -0.486 e. The zero-order chi connectivity index (χ0) is 13.7. The van der Waals surface area contributed by atoms with Crippen molar-refractivity contribution in [2.24, 2.45) is 5.92 Å². The highest BCUT2D eigenvalue weighted by Crippen LogP contribution is 2.30. The van der Waals surface area contributed by atoms with E-state index in [2.05, 4.69) is 19.2 Å². The van der Waals surface area contributed by atoms with Gasteiger partial charge < -0.3 is 14.8 Å². The molecule has 2 rings (SSSR count). The number of hydrogen-bond acceptors (Lipinski definition) is 3. The molecule has 1 amide bonds. The van der Waals surface area contributed by atoms with E-state index in [1.165, 1.54) is 0 Å². The van der Waals surface area contributed by atoms with Crippen molar-refractivity contribution in [2.75, 3.05) is 19.8 Å². The first kappa shape index (κ1) is 13.7. The normalized spacial score (nSPS) is 13.4. The van der Waals surface area contributed by atoms with Gasteiger partial charge in [0.25, 0.3) is 5.91 Å². The average molecular weight is 263 g/mol. The van der Waals surface area contributed by atoms with E-state index < -0.39 is 0 Å². The fourth-order valence-corrected chi connectivity index (χ4v) is 2.10. The van der Waals surface area contributed by atoms with Gasteiger partial charge in [-0.05, 0) is 24.1 Å². The second kappa shape index (κ2) is 6.45. The molecule has 1 aliphatic rings. The third-order valence-electron chi connectivity index (χ3n) is 3.51. The Hall–Kier alpha value is -1.71. The van der Waals surface area contributed by atoms with Crippen LogP contribution in [0.15, 0.2) is 18.2 Å². The molecule has 4 heteroatoms. The molecular formula is C15H21NO3. The first-order valence-electron chi connectivity index (χ1n) is 6.92. The Morgan fingerprint density at radius 3 is 2.58 bits per heavy atom. The molecule has 19 heavy (non-hydrogen) atoms. The maximum atomic E-state index is 12.1. The predicted molar refractivity (Wildman–Crippen MR) is 73.8 cm³/mol. The van der Waals surface area contributed by atoms with Crippen molar-refractivity contribution in [3.05, 3.63) is 23.8 Å². The molecule has 0 aromatic heterocycles. The molecule has 0 aliphatic carbocycles. The maximum Gasteiger partial charge on any atom is 0.251 e. The van der Waals surface area contributed by atoms with Crippen LogP contribution in [0, 0.1) is 5.92 Å². The lowest BCUT2D eigenvalue weighted by atomic mass is 10.0. The number of amides is 1. The first-order valence-corrected chi connectivity index (χ1v) is 6.92. The van der Waals surface area contributed by atoms with Gasteiger partial charge in [-0.25, -0.2) is 0 Å². The fraction of sp³-hybridized carbons (Fsp3) is 0.533. The molecule has 1 heterocycles. The van der Waals surface area contributed by atoms with Crippen LogP contribution in [0.3, 0.4) is 0 Å². The van der Waals surface area contributed by atoms with E-state index in [-0.39, 0.29) is 5.91 Å². The van der Waals surface area contributed by atoms with E-state index in [0.717, 1.165) is 19.4 Å². The summed E-state index contributed by atoms with van der Waals surface area (Å²) in [6.45, 7) is 6.11. The number of ether oxygens (including phenoxy) is 2. The zero-order valence-electron chi connectivity index (χ0n) is 11.6. The monoisotopic (exact) mass is 263 g/mol. The Morgan fingerprint density at radius 2 is 1.89 bits per heavy atom. The quantitative estimate of drug-likeness (QED) is 0.888. The Kier molecular flexibility index (Phi) is 4.66. The van der Waals surface area contributed by atoms with Gasteiger partial charge >= 0.3 is 0 Å². The van der Waals surface area contributed by atoms with Gasteiger partial charge in [0.2, 0.25) is 0 Å². The molecule has 0 radical (unpaired) electrons. The van der Waals surface area contributed by atoms with Crippen LogP contribution in [0.1, 0.15) is 37.0 Å². The Labute approximate surface area is 114 Å². The van der Waals surface area contributed by atoms with Crippen LogP contribution in [-0.2, 0) is 0 Å². The number of hydrogen-bond donors (Lipinski definition) is 1. The largest absolute Gasteiger partial charge is 0.486 e. The van der Waals surface area contributed by atoms with Crippen LogP contribution < -0.4 is 14.8 Å². The third-order valence-corrected chi connectivity index (χ3v) is 3.51. The summed E-state index contributed by atoms with van der Waals surface area (Å²) in [4.78, 5) is 12.1. The van der Waals surface area contributed by atoms with Gasteiger partial charge in [0.15, 0.2) is 11.5 Å². The minimum atomic E-state index is -0.0520. The Morgan fingerprint density at radius 1 is 1.21 bits per heavy atom.